The van der Waals surface area contributed by atoms with Crippen molar-refractivity contribution in [1.82, 2.24) is 4.90 Å². The molecular formula is C9H20N2. The lowest BCUT2D eigenvalue weighted by atomic mass is 10.2. The van der Waals surface area contributed by atoms with Crippen LogP contribution in [0.25, 0.3) is 0 Å². The number of hydrogen-bond donors (Lipinski definition) is 1. The van der Waals surface area contributed by atoms with Crippen molar-refractivity contribution in [3.8, 4) is 0 Å². The van der Waals surface area contributed by atoms with Gasteiger partial charge in [-0.25, -0.2) is 0 Å². The predicted molar refractivity (Wildman–Crippen MR) is 48.6 cm³/mol. The zero-order valence-electron chi connectivity index (χ0n) is 7.55. The van der Waals surface area contributed by atoms with Crippen molar-refractivity contribution >= 4 is 0 Å². The van der Waals surface area contributed by atoms with Crippen LogP contribution in [0, 0.1) is 0 Å². The van der Waals surface area contributed by atoms with Gasteiger partial charge in [0.1, 0.15) is 0 Å². The van der Waals surface area contributed by atoms with Gasteiger partial charge < -0.3 is 10.6 Å². The third-order valence-corrected chi connectivity index (χ3v) is 2.54. The van der Waals surface area contributed by atoms with E-state index in [0.29, 0.717) is 6.04 Å². The molecular weight excluding hydrogens is 136 g/mol. The Morgan fingerprint density at radius 1 is 1.36 bits per heavy atom. The summed E-state index contributed by atoms with van der Waals surface area (Å²) in [5.74, 6) is 0. The van der Waals surface area contributed by atoms with E-state index in [1.165, 1.54) is 38.9 Å². The van der Waals surface area contributed by atoms with Crippen LogP contribution in [0.2, 0.25) is 0 Å². The van der Waals surface area contributed by atoms with Crippen LogP contribution in [-0.4, -0.2) is 30.6 Å². The highest BCUT2D eigenvalue weighted by atomic mass is 15.1. The lowest BCUT2D eigenvalue weighted by molar-refractivity contribution is 0.320. The van der Waals surface area contributed by atoms with Crippen molar-refractivity contribution in [3.05, 3.63) is 0 Å². The van der Waals surface area contributed by atoms with Gasteiger partial charge in [-0.15, -0.1) is 0 Å². The molecule has 2 N–H and O–H groups in total. The molecule has 1 rings (SSSR count). The molecule has 0 bridgehead atoms. The van der Waals surface area contributed by atoms with Gasteiger partial charge in [-0.3, -0.25) is 0 Å². The summed E-state index contributed by atoms with van der Waals surface area (Å²) in [5, 5.41) is 0. The van der Waals surface area contributed by atoms with E-state index < -0.39 is 0 Å². The van der Waals surface area contributed by atoms with Crippen molar-refractivity contribution in [2.24, 2.45) is 5.73 Å². The van der Waals surface area contributed by atoms with E-state index in [4.69, 9.17) is 5.73 Å². The lowest BCUT2D eigenvalue weighted by Crippen LogP contribution is -2.28. The second-order valence-corrected chi connectivity index (χ2v) is 3.51. The Hall–Kier alpha value is -0.0800. The molecule has 1 unspecified atom stereocenters. The van der Waals surface area contributed by atoms with Crippen LogP contribution < -0.4 is 5.73 Å². The van der Waals surface area contributed by atoms with Crippen molar-refractivity contribution in [2.75, 3.05) is 19.6 Å². The summed E-state index contributed by atoms with van der Waals surface area (Å²) >= 11 is 0. The number of rotatable bonds is 4. The fourth-order valence-electron chi connectivity index (χ4n) is 1.56. The normalized spacial score (nSPS) is 22.4. The molecule has 1 atom stereocenters. The minimum Gasteiger partial charge on any atom is -0.328 e. The number of hydrogen-bond acceptors (Lipinski definition) is 2. The molecule has 0 radical (unpaired) electrons. The molecule has 66 valence electrons. The topological polar surface area (TPSA) is 29.3 Å². The van der Waals surface area contributed by atoms with E-state index in [9.17, 15) is 0 Å². The molecule has 2 heteroatoms. The first kappa shape index (κ1) is 9.01. The maximum Gasteiger partial charge on any atom is 0.00483 e. The molecule has 0 aromatic rings. The van der Waals surface area contributed by atoms with Gasteiger partial charge in [-0.05, 0) is 45.3 Å². The zero-order chi connectivity index (χ0) is 8.10. The van der Waals surface area contributed by atoms with Crippen LogP contribution in [0.15, 0.2) is 0 Å². The summed E-state index contributed by atoms with van der Waals surface area (Å²) in [6, 6.07) is 0.426. The summed E-state index contributed by atoms with van der Waals surface area (Å²) in [5.41, 5.74) is 5.82. The van der Waals surface area contributed by atoms with Gasteiger partial charge in [0.05, 0.1) is 0 Å². The molecule has 11 heavy (non-hydrogen) atoms. The van der Waals surface area contributed by atoms with Crippen molar-refractivity contribution in [3.63, 3.8) is 0 Å². The van der Waals surface area contributed by atoms with Gasteiger partial charge in [0.25, 0.3) is 0 Å². The standard InChI is InChI=1S/C9H20N2/c1-2-9(10)5-8-11-6-3-4-7-11/h9H,2-8,10H2,1H3. The molecule has 1 heterocycles. The molecule has 0 aromatic heterocycles. The summed E-state index contributed by atoms with van der Waals surface area (Å²) < 4.78 is 0. The van der Waals surface area contributed by atoms with E-state index in [1.807, 2.05) is 0 Å². The second kappa shape index (κ2) is 4.73. The van der Waals surface area contributed by atoms with Crippen LogP contribution >= 0.6 is 0 Å². The van der Waals surface area contributed by atoms with E-state index in [0.717, 1.165) is 6.42 Å². The highest BCUT2D eigenvalue weighted by Gasteiger charge is 2.11. The molecule has 0 saturated carbocycles. The average Bonchev–Trinajstić information content (AvgIpc) is 2.52. The molecule has 0 amide bonds. The SMILES string of the molecule is CCC(N)CCN1CCCC1. The van der Waals surface area contributed by atoms with E-state index in [1.54, 1.807) is 0 Å². The number of nitrogens with zero attached hydrogens (tertiary/aromatic N) is 1. The van der Waals surface area contributed by atoms with Gasteiger partial charge >= 0.3 is 0 Å². The molecule has 2 nitrogen and oxygen atoms in total. The van der Waals surface area contributed by atoms with Gasteiger partial charge in [0.2, 0.25) is 0 Å². The fraction of sp³-hybridized carbons (Fsp3) is 1.00. The van der Waals surface area contributed by atoms with Gasteiger partial charge in [0.15, 0.2) is 0 Å². The molecule has 0 aromatic carbocycles. The summed E-state index contributed by atoms with van der Waals surface area (Å²) in [4.78, 5) is 2.52. The van der Waals surface area contributed by atoms with E-state index in [-0.39, 0.29) is 0 Å². The van der Waals surface area contributed by atoms with Crippen LogP contribution in [0.5, 0.6) is 0 Å². The van der Waals surface area contributed by atoms with Crippen LogP contribution in [0.4, 0.5) is 0 Å². The van der Waals surface area contributed by atoms with E-state index >= 15 is 0 Å². The van der Waals surface area contributed by atoms with Crippen LogP contribution in [0.3, 0.4) is 0 Å². The summed E-state index contributed by atoms with van der Waals surface area (Å²) in [6.07, 6.45) is 5.08. The maximum atomic E-state index is 5.82. The third-order valence-electron chi connectivity index (χ3n) is 2.54. The largest absolute Gasteiger partial charge is 0.328 e. The van der Waals surface area contributed by atoms with Gasteiger partial charge in [0, 0.05) is 6.04 Å². The highest BCUT2D eigenvalue weighted by Crippen LogP contribution is 2.08. The van der Waals surface area contributed by atoms with Crippen LogP contribution in [0.1, 0.15) is 32.6 Å². The lowest BCUT2D eigenvalue weighted by Gasteiger charge is -2.16. The van der Waals surface area contributed by atoms with Gasteiger partial charge in [-0.2, -0.15) is 0 Å². The molecule has 0 aliphatic carbocycles. The average molecular weight is 156 g/mol. The Kier molecular flexibility index (Phi) is 3.87. The Balaban J connectivity index is 2.01. The Bertz CT molecular complexity index is 97.7. The van der Waals surface area contributed by atoms with E-state index in [2.05, 4.69) is 11.8 Å². The second-order valence-electron chi connectivity index (χ2n) is 3.51. The highest BCUT2D eigenvalue weighted by molar-refractivity contribution is 4.68. The third kappa shape index (κ3) is 3.21. The Morgan fingerprint density at radius 3 is 2.55 bits per heavy atom. The molecule has 0 spiro atoms. The molecule has 1 aliphatic rings. The van der Waals surface area contributed by atoms with Crippen molar-refractivity contribution in [1.29, 1.82) is 0 Å². The number of likely N-dealkylation sites (tertiary alicyclic amines) is 1. The predicted octanol–water partition coefficient (Wildman–Crippen LogP) is 1.21. The minimum atomic E-state index is 0.426. The monoisotopic (exact) mass is 156 g/mol. The molecule has 1 saturated heterocycles. The Morgan fingerprint density at radius 2 is 2.00 bits per heavy atom. The molecule has 1 fully saturated rings. The maximum absolute atomic E-state index is 5.82. The van der Waals surface area contributed by atoms with Crippen molar-refractivity contribution in [2.45, 2.75) is 38.6 Å². The summed E-state index contributed by atoms with van der Waals surface area (Å²) in [6.45, 7) is 5.98. The Labute approximate surface area is 69.8 Å². The van der Waals surface area contributed by atoms with Crippen LogP contribution in [-0.2, 0) is 0 Å². The van der Waals surface area contributed by atoms with Gasteiger partial charge in [-0.1, -0.05) is 6.92 Å². The first-order valence-electron chi connectivity index (χ1n) is 4.81. The quantitative estimate of drug-likeness (QED) is 0.663. The minimum absolute atomic E-state index is 0.426. The first-order chi connectivity index (χ1) is 5.33. The number of nitrogens with two attached hydrogens (primary N) is 1. The van der Waals surface area contributed by atoms with Crippen molar-refractivity contribution < 1.29 is 0 Å². The smallest absolute Gasteiger partial charge is 0.00483 e. The summed E-state index contributed by atoms with van der Waals surface area (Å²) in [7, 11) is 0. The molecule has 1 aliphatic heterocycles. The first-order valence-corrected chi connectivity index (χ1v) is 4.81. The zero-order valence-corrected chi connectivity index (χ0v) is 7.55. The fourth-order valence-corrected chi connectivity index (χ4v) is 1.56.